The summed E-state index contributed by atoms with van der Waals surface area (Å²) in [6.07, 6.45) is -4.38. The molecule has 1 unspecified atom stereocenters. The quantitative estimate of drug-likeness (QED) is 0.872. The molecule has 3 N–H and O–H groups in total. The molecule has 0 fully saturated rings. The summed E-state index contributed by atoms with van der Waals surface area (Å²) in [6.45, 7) is 3.64. The molecule has 1 atom stereocenters. The number of carbonyl (C=O) groups excluding carboxylic acids is 1. The number of carbonyl (C=O) groups is 1. The SMILES string of the molecule is CC(C)NC(C(N)=O)c1ccc(C(F)(F)F)cc1. The van der Waals surface area contributed by atoms with Gasteiger partial charge >= 0.3 is 6.18 Å². The van der Waals surface area contributed by atoms with E-state index in [4.69, 9.17) is 5.73 Å². The van der Waals surface area contributed by atoms with Crippen LogP contribution in [0.3, 0.4) is 0 Å². The molecule has 1 aromatic rings. The molecule has 0 bridgehead atoms. The molecule has 0 heterocycles. The van der Waals surface area contributed by atoms with Crippen LogP contribution in [0.4, 0.5) is 13.2 Å². The van der Waals surface area contributed by atoms with Gasteiger partial charge in [-0.1, -0.05) is 12.1 Å². The van der Waals surface area contributed by atoms with Crippen LogP contribution in [0, 0.1) is 0 Å². The molecule has 6 heteroatoms. The van der Waals surface area contributed by atoms with Crippen molar-refractivity contribution in [2.24, 2.45) is 5.73 Å². The van der Waals surface area contributed by atoms with Gasteiger partial charge in [0.05, 0.1) is 5.56 Å². The first-order valence-electron chi connectivity index (χ1n) is 5.44. The third-order valence-electron chi connectivity index (χ3n) is 2.36. The van der Waals surface area contributed by atoms with Crippen molar-refractivity contribution in [2.75, 3.05) is 0 Å². The zero-order valence-electron chi connectivity index (χ0n) is 10.1. The summed E-state index contributed by atoms with van der Waals surface area (Å²) >= 11 is 0. The molecule has 18 heavy (non-hydrogen) atoms. The van der Waals surface area contributed by atoms with Gasteiger partial charge in [0.2, 0.25) is 5.91 Å². The normalized spacial score (nSPS) is 13.7. The smallest absolute Gasteiger partial charge is 0.368 e. The minimum absolute atomic E-state index is 0.00945. The summed E-state index contributed by atoms with van der Waals surface area (Å²) in [4.78, 5) is 11.3. The molecule has 3 nitrogen and oxygen atoms in total. The number of nitrogens with one attached hydrogen (secondary N) is 1. The predicted octanol–water partition coefficient (Wildman–Crippen LogP) is 2.23. The molecule has 1 amide bonds. The Morgan fingerprint density at radius 2 is 1.72 bits per heavy atom. The second kappa shape index (κ2) is 5.39. The Kier molecular flexibility index (Phi) is 4.34. The molecule has 0 aliphatic rings. The van der Waals surface area contributed by atoms with Gasteiger partial charge in [0, 0.05) is 6.04 Å². The average molecular weight is 260 g/mol. The van der Waals surface area contributed by atoms with Crippen molar-refractivity contribution in [3.05, 3.63) is 35.4 Å². The van der Waals surface area contributed by atoms with E-state index in [9.17, 15) is 18.0 Å². The Morgan fingerprint density at radius 3 is 2.06 bits per heavy atom. The zero-order valence-corrected chi connectivity index (χ0v) is 10.1. The van der Waals surface area contributed by atoms with E-state index in [0.29, 0.717) is 5.56 Å². The highest BCUT2D eigenvalue weighted by atomic mass is 19.4. The maximum atomic E-state index is 12.4. The van der Waals surface area contributed by atoms with E-state index in [2.05, 4.69) is 5.32 Å². The van der Waals surface area contributed by atoms with Gasteiger partial charge in [-0.15, -0.1) is 0 Å². The lowest BCUT2D eigenvalue weighted by Crippen LogP contribution is -2.37. The topological polar surface area (TPSA) is 55.1 Å². The maximum absolute atomic E-state index is 12.4. The van der Waals surface area contributed by atoms with E-state index >= 15 is 0 Å². The molecule has 0 radical (unpaired) electrons. The van der Waals surface area contributed by atoms with Crippen LogP contribution in [0.25, 0.3) is 0 Å². The first-order valence-corrected chi connectivity index (χ1v) is 5.44. The van der Waals surface area contributed by atoms with Crippen molar-refractivity contribution in [3.8, 4) is 0 Å². The van der Waals surface area contributed by atoms with Gasteiger partial charge in [0.1, 0.15) is 6.04 Å². The number of primary amides is 1. The van der Waals surface area contributed by atoms with Gasteiger partial charge < -0.3 is 5.73 Å². The largest absolute Gasteiger partial charge is 0.416 e. The Morgan fingerprint density at radius 1 is 1.22 bits per heavy atom. The number of nitrogens with two attached hydrogens (primary N) is 1. The van der Waals surface area contributed by atoms with Crippen molar-refractivity contribution in [1.29, 1.82) is 0 Å². The summed E-state index contributed by atoms with van der Waals surface area (Å²) in [5, 5.41) is 2.90. The highest BCUT2D eigenvalue weighted by Crippen LogP contribution is 2.29. The van der Waals surface area contributed by atoms with Crippen molar-refractivity contribution < 1.29 is 18.0 Å². The lowest BCUT2D eigenvalue weighted by atomic mass is 10.0. The van der Waals surface area contributed by atoms with Crippen molar-refractivity contribution in [1.82, 2.24) is 5.32 Å². The fourth-order valence-corrected chi connectivity index (χ4v) is 1.54. The number of alkyl halides is 3. The summed E-state index contributed by atoms with van der Waals surface area (Å²) < 4.78 is 37.1. The Hall–Kier alpha value is -1.56. The maximum Gasteiger partial charge on any atom is 0.416 e. The highest BCUT2D eigenvalue weighted by molar-refractivity contribution is 5.81. The van der Waals surface area contributed by atoms with E-state index in [1.807, 2.05) is 13.8 Å². The molecular weight excluding hydrogens is 245 g/mol. The summed E-state index contributed by atoms with van der Waals surface area (Å²) in [5.41, 5.74) is 4.89. The van der Waals surface area contributed by atoms with Gasteiger partial charge in [0.15, 0.2) is 0 Å². The average Bonchev–Trinajstić information content (AvgIpc) is 2.24. The van der Waals surface area contributed by atoms with Crippen LogP contribution in [0.15, 0.2) is 24.3 Å². The van der Waals surface area contributed by atoms with Crippen molar-refractivity contribution >= 4 is 5.91 Å². The highest BCUT2D eigenvalue weighted by Gasteiger charge is 2.30. The number of hydrogen-bond donors (Lipinski definition) is 2. The van der Waals surface area contributed by atoms with Crippen LogP contribution >= 0.6 is 0 Å². The van der Waals surface area contributed by atoms with E-state index < -0.39 is 23.7 Å². The number of halogens is 3. The third kappa shape index (κ3) is 3.73. The predicted molar refractivity (Wildman–Crippen MR) is 61.7 cm³/mol. The molecule has 0 spiro atoms. The standard InChI is InChI=1S/C12H15F3N2O/c1-7(2)17-10(11(16)18)8-3-5-9(6-4-8)12(13,14)15/h3-7,10,17H,1-2H3,(H2,16,18). The number of benzene rings is 1. The van der Waals surface area contributed by atoms with Gasteiger partial charge in [-0.2, -0.15) is 13.2 Å². The van der Waals surface area contributed by atoms with E-state index in [1.165, 1.54) is 12.1 Å². The molecule has 1 rings (SSSR count). The molecule has 0 saturated carbocycles. The molecule has 0 aliphatic heterocycles. The molecule has 0 saturated heterocycles. The van der Waals surface area contributed by atoms with Crippen LogP contribution in [0.1, 0.15) is 31.0 Å². The molecule has 100 valence electrons. The van der Waals surface area contributed by atoms with Crippen molar-refractivity contribution in [3.63, 3.8) is 0 Å². The Bertz CT molecular complexity index is 412. The van der Waals surface area contributed by atoms with E-state index in [1.54, 1.807) is 0 Å². The summed E-state index contributed by atoms with van der Waals surface area (Å²) in [7, 11) is 0. The van der Waals surface area contributed by atoms with Gasteiger partial charge in [-0.05, 0) is 31.5 Å². The second-order valence-electron chi connectivity index (χ2n) is 4.28. The molecule has 0 aliphatic carbocycles. The minimum Gasteiger partial charge on any atom is -0.368 e. The fraction of sp³-hybridized carbons (Fsp3) is 0.417. The second-order valence-corrected chi connectivity index (χ2v) is 4.28. The number of hydrogen-bond acceptors (Lipinski definition) is 2. The van der Waals surface area contributed by atoms with Crippen LogP contribution in [0.5, 0.6) is 0 Å². The summed E-state index contributed by atoms with van der Waals surface area (Å²) in [6, 6.07) is 3.60. The lowest BCUT2D eigenvalue weighted by Gasteiger charge is -2.19. The van der Waals surface area contributed by atoms with E-state index in [0.717, 1.165) is 12.1 Å². The van der Waals surface area contributed by atoms with Gasteiger partial charge in [0.25, 0.3) is 0 Å². The molecule has 1 aromatic carbocycles. The zero-order chi connectivity index (χ0) is 13.9. The third-order valence-corrected chi connectivity index (χ3v) is 2.36. The van der Waals surface area contributed by atoms with Crippen LogP contribution in [-0.2, 0) is 11.0 Å². The summed E-state index contributed by atoms with van der Waals surface area (Å²) in [5.74, 6) is -0.622. The fourth-order valence-electron chi connectivity index (χ4n) is 1.54. The van der Waals surface area contributed by atoms with Gasteiger partial charge in [-0.3, -0.25) is 10.1 Å². The molecule has 0 aromatic heterocycles. The lowest BCUT2D eigenvalue weighted by molar-refractivity contribution is -0.137. The number of amides is 1. The van der Waals surface area contributed by atoms with E-state index in [-0.39, 0.29) is 6.04 Å². The first kappa shape index (κ1) is 14.5. The van der Waals surface area contributed by atoms with Gasteiger partial charge in [-0.25, -0.2) is 0 Å². The Labute approximate surface area is 103 Å². The number of rotatable bonds is 4. The van der Waals surface area contributed by atoms with Crippen LogP contribution < -0.4 is 11.1 Å². The monoisotopic (exact) mass is 260 g/mol. The Balaban J connectivity index is 2.98. The minimum atomic E-state index is -4.38. The van der Waals surface area contributed by atoms with Crippen LogP contribution in [-0.4, -0.2) is 11.9 Å². The first-order chi connectivity index (χ1) is 8.21. The molecular formula is C12H15F3N2O. The van der Waals surface area contributed by atoms with Crippen LogP contribution in [0.2, 0.25) is 0 Å². The van der Waals surface area contributed by atoms with Crippen molar-refractivity contribution in [2.45, 2.75) is 32.1 Å².